The van der Waals surface area contributed by atoms with Crippen LogP contribution in [0, 0.1) is 11.7 Å². The van der Waals surface area contributed by atoms with Crippen LogP contribution in [0.2, 0.25) is 0 Å². The third-order valence-corrected chi connectivity index (χ3v) is 6.75. The van der Waals surface area contributed by atoms with Crippen LogP contribution in [-0.4, -0.2) is 20.4 Å². The van der Waals surface area contributed by atoms with Crippen molar-refractivity contribution in [3.63, 3.8) is 0 Å². The number of hydrogen-bond acceptors (Lipinski definition) is 3. The summed E-state index contributed by atoms with van der Waals surface area (Å²) in [6.07, 6.45) is 3.55. The number of para-hydroxylation sites is 1. The Hall–Kier alpha value is -2.41. The largest absolute Gasteiger partial charge is 0.309 e. The topological polar surface area (TPSA) is 66.5 Å². The molecule has 0 radical (unpaired) electrons. The smallest absolute Gasteiger partial charge is 0.261 e. The summed E-state index contributed by atoms with van der Waals surface area (Å²) in [7, 11) is -3.92. The first-order valence-corrected chi connectivity index (χ1v) is 10.6. The van der Waals surface area contributed by atoms with Gasteiger partial charge in [-0.15, -0.1) is 0 Å². The first-order chi connectivity index (χ1) is 12.9. The molecule has 142 valence electrons. The summed E-state index contributed by atoms with van der Waals surface area (Å²) in [5, 5.41) is 0. The van der Waals surface area contributed by atoms with Gasteiger partial charge in [0.05, 0.1) is 10.6 Å². The van der Waals surface area contributed by atoms with Crippen LogP contribution < -0.4 is 9.62 Å². The van der Waals surface area contributed by atoms with Crippen molar-refractivity contribution < 1.29 is 17.6 Å². The maximum Gasteiger partial charge on any atom is 0.261 e. The number of carbonyl (C=O) groups excluding carboxylic acids is 1. The predicted molar refractivity (Wildman–Crippen MR) is 102 cm³/mol. The lowest BCUT2D eigenvalue weighted by atomic mass is 9.84. The second-order valence-electron chi connectivity index (χ2n) is 7.27. The van der Waals surface area contributed by atoms with Crippen molar-refractivity contribution in [1.29, 1.82) is 0 Å². The molecule has 0 spiro atoms. The first-order valence-electron chi connectivity index (χ1n) is 9.10. The minimum absolute atomic E-state index is 0.00517. The van der Waals surface area contributed by atoms with E-state index in [9.17, 15) is 17.6 Å². The van der Waals surface area contributed by atoms with Crippen molar-refractivity contribution in [2.45, 2.75) is 43.5 Å². The molecule has 1 N–H and O–H groups in total. The second-order valence-corrected chi connectivity index (χ2v) is 8.95. The van der Waals surface area contributed by atoms with Gasteiger partial charge >= 0.3 is 0 Å². The van der Waals surface area contributed by atoms with E-state index in [1.807, 2.05) is 6.92 Å². The van der Waals surface area contributed by atoms with Crippen LogP contribution in [0.3, 0.4) is 0 Å². The van der Waals surface area contributed by atoms with E-state index in [0.717, 1.165) is 30.5 Å². The predicted octanol–water partition coefficient (Wildman–Crippen LogP) is 3.70. The molecule has 1 saturated carbocycles. The summed E-state index contributed by atoms with van der Waals surface area (Å²) in [6, 6.07) is 10.4. The van der Waals surface area contributed by atoms with E-state index < -0.39 is 15.8 Å². The zero-order valence-electron chi connectivity index (χ0n) is 15.0. The molecule has 4 rings (SSSR count). The fraction of sp³-hybridized carbons (Fsp3) is 0.350. The van der Waals surface area contributed by atoms with Gasteiger partial charge in [-0.3, -0.25) is 9.52 Å². The molecule has 1 heterocycles. The highest BCUT2D eigenvalue weighted by molar-refractivity contribution is 7.92. The van der Waals surface area contributed by atoms with E-state index in [-0.39, 0.29) is 28.4 Å². The number of nitrogens with one attached hydrogen (secondary N) is 1. The molecule has 1 aliphatic carbocycles. The third kappa shape index (κ3) is 3.20. The molecule has 2 aromatic carbocycles. The highest BCUT2D eigenvalue weighted by Crippen LogP contribution is 2.38. The summed E-state index contributed by atoms with van der Waals surface area (Å²) in [4.78, 5) is 14.6. The maximum absolute atomic E-state index is 13.8. The molecule has 5 nitrogen and oxygen atoms in total. The molecule has 27 heavy (non-hydrogen) atoms. The highest BCUT2D eigenvalue weighted by atomic mass is 32.2. The van der Waals surface area contributed by atoms with Crippen molar-refractivity contribution in [1.82, 2.24) is 0 Å². The minimum atomic E-state index is -3.92. The molecule has 1 atom stereocenters. The van der Waals surface area contributed by atoms with Crippen LogP contribution in [-0.2, 0) is 21.2 Å². The number of hydrogen-bond donors (Lipinski definition) is 1. The van der Waals surface area contributed by atoms with Gasteiger partial charge in [0.15, 0.2) is 0 Å². The number of benzene rings is 2. The summed E-state index contributed by atoms with van der Waals surface area (Å²) in [5.74, 6) is -0.412. The summed E-state index contributed by atoms with van der Waals surface area (Å²) < 4.78 is 41.4. The average Bonchev–Trinajstić information content (AvgIpc) is 2.90. The van der Waals surface area contributed by atoms with Gasteiger partial charge in [0.1, 0.15) is 5.82 Å². The summed E-state index contributed by atoms with van der Waals surface area (Å²) >= 11 is 0. The lowest BCUT2D eigenvalue weighted by Gasteiger charge is -2.32. The molecule has 0 unspecified atom stereocenters. The van der Waals surface area contributed by atoms with Crippen molar-refractivity contribution in [2.24, 2.45) is 5.92 Å². The molecule has 2 aromatic rings. The molecule has 2 aliphatic rings. The number of amides is 1. The Morgan fingerprint density at radius 2 is 1.93 bits per heavy atom. The van der Waals surface area contributed by atoms with Gasteiger partial charge in [-0.05, 0) is 62.1 Å². The van der Waals surface area contributed by atoms with Crippen molar-refractivity contribution in [3.8, 4) is 0 Å². The molecule has 0 saturated heterocycles. The Kier molecular flexibility index (Phi) is 4.42. The third-order valence-electron chi connectivity index (χ3n) is 5.39. The lowest BCUT2D eigenvalue weighted by Crippen LogP contribution is -2.42. The van der Waals surface area contributed by atoms with Gasteiger partial charge in [0, 0.05) is 17.6 Å². The van der Waals surface area contributed by atoms with Crippen LogP contribution in [0.1, 0.15) is 31.7 Å². The van der Waals surface area contributed by atoms with Crippen LogP contribution >= 0.6 is 0 Å². The van der Waals surface area contributed by atoms with Crippen molar-refractivity contribution in [2.75, 3.05) is 9.62 Å². The molecule has 0 aromatic heterocycles. The van der Waals surface area contributed by atoms with E-state index in [2.05, 4.69) is 4.72 Å². The van der Waals surface area contributed by atoms with Crippen molar-refractivity contribution >= 4 is 27.3 Å². The van der Waals surface area contributed by atoms with E-state index in [1.165, 1.54) is 24.3 Å². The zero-order valence-corrected chi connectivity index (χ0v) is 15.8. The van der Waals surface area contributed by atoms with Crippen LogP contribution in [0.4, 0.5) is 15.8 Å². The Labute approximate surface area is 158 Å². The second kappa shape index (κ2) is 6.64. The molecule has 7 heteroatoms. The SMILES string of the molecule is C[C@@H]1Cc2cc(S(=O)(=O)Nc3ccccc3F)ccc2N1C(=O)C1CCC1. The van der Waals surface area contributed by atoms with Gasteiger partial charge in [-0.1, -0.05) is 18.6 Å². The Morgan fingerprint density at radius 1 is 1.19 bits per heavy atom. The average molecular weight is 388 g/mol. The number of carbonyl (C=O) groups is 1. The standard InChI is InChI=1S/C20H21FN2O3S/c1-13-11-15-12-16(27(25,26)22-18-8-3-2-7-17(18)21)9-10-19(15)23(13)20(24)14-5-4-6-14/h2-3,7-10,12-14,22H,4-6,11H2,1H3/t13-/m1/s1. The fourth-order valence-electron chi connectivity index (χ4n) is 3.71. The van der Waals surface area contributed by atoms with Gasteiger partial charge in [-0.25, -0.2) is 12.8 Å². The number of fused-ring (bicyclic) bond motifs is 1. The first kappa shape index (κ1) is 18.0. The fourth-order valence-corrected chi connectivity index (χ4v) is 4.83. The number of halogens is 1. The van der Waals surface area contributed by atoms with Gasteiger partial charge < -0.3 is 4.90 Å². The van der Waals surface area contributed by atoms with Gasteiger partial charge in [0.2, 0.25) is 5.91 Å². The molecular formula is C20H21FN2O3S. The Balaban J connectivity index is 1.62. The summed E-state index contributed by atoms with van der Waals surface area (Å²) in [6.45, 7) is 1.97. The number of rotatable bonds is 4. The van der Waals surface area contributed by atoms with E-state index in [0.29, 0.717) is 6.42 Å². The zero-order chi connectivity index (χ0) is 19.2. The quantitative estimate of drug-likeness (QED) is 0.868. The molecule has 0 bridgehead atoms. The van der Waals surface area contributed by atoms with Crippen LogP contribution in [0.25, 0.3) is 0 Å². The maximum atomic E-state index is 13.8. The minimum Gasteiger partial charge on any atom is -0.309 e. The van der Waals surface area contributed by atoms with Crippen molar-refractivity contribution in [3.05, 3.63) is 53.8 Å². The normalized spacial score (nSPS) is 19.5. The summed E-state index contributed by atoms with van der Waals surface area (Å²) in [5.41, 5.74) is 1.52. The highest BCUT2D eigenvalue weighted by Gasteiger charge is 2.37. The Morgan fingerprint density at radius 3 is 2.59 bits per heavy atom. The van der Waals surface area contributed by atoms with Crippen LogP contribution in [0.15, 0.2) is 47.4 Å². The van der Waals surface area contributed by atoms with Crippen LogP contribution in [0.5, 0.6) is 0 Å². The Bertz CT molecular complexity index is 1000. The lowest BCUT2D eigenvalue weighted by molar-refractivity contribution is -0.125. The molecule has 1 fully saturated rings. The van der Waals surface area contributed by atoms with E-state index >= 15 is 0 Å². The number of anilines is 2. The van der Waals surface area contributed by atoms with E-state index in [1.54, 1.807) is 23.1 Å². The molecule has 1 aliphatic heterocycles. The molecular weight excluding hydrogens is 367 g/mol. The molecule has 1 amide bonds. The number of nitrogens with zero attached hydrogens (tertiary/aromatic N) is 1. The van der Waals surface area contributed by atoms with Gasteiger partial charge in [-0.2, -0.15) is 0 Å². The monoisotopic (exact) mass is 388 g/mol. The number of sulfonamides is 1. The van der Waals surface area contributed by atoms with Gasteiger partial charge in [0.25, 0.3) is 10.0 Å². The van der Waals surface area contributed by atoms with E-state index in [4.69, 9.17) is 0 Å².